The Morgan fingerprint density at radius 2 is 1.72 bits per heavy atom. The predicted octanol–water partition coefficient (Wildman–Crippen LogP) is 5.61. The van der Waals surface area contributed by atoms with Gasteiger partial charge in [-0.2, -0.15) is 0 Å². The van der Waals surface area contributed by atoms with Gasteiger partial charge in [-0.15, -0.1) is 0 Å². The average Bonchev–Trinajstić information content (AvgIpc) is 3.50. The molecular formula is C35H54N4O7. The quantitative estimate of drug-likeness (QED) is 0.284. The third-order valence-corrected chi connectivity index (χ3v) is 7.96. The van der Waals surface area contributed by atoms with Crippen molar-refractivity contribution < 1.29 is 33.5 Å². The molecule has 11 nitrogen and oxygen atoms in total. The van der Waals surface area contributed by atoms with E-state index in [4.69, 9.17) is 14.3 Å². The van der Waals surface area contributed by atoms with Gasteiger partial charge >= 0.3 is 6.09 Å². The Labute approximate surface area is 274 Å². The number of amides is 4. The molecule has 2 fully saturated rings. The molecule has 1 aromatic carbocycles. The van der Waals surface area contributed by atoms with E-state index in [1.807, 2.05) is 56.3 Å². The van der Waals surface area contributed by atoms with E-state index in [1.165, 1.54) is 9.91 Å². The van der Waals surface area contributed by atoms with Gasteiger partial charge in [-0.1, -0.05) is 56.3 Å². The van der Waals surface area contributed by atoms with Crippen LogP contribution in [0.15, 0.2) is 36.4 Å². The number of carbonyl (C=O) groups is 4. The Morgan fingerprint density at radius 1 is 1.00 bits per heavy atom. The second kappa shape index (κ2) is 17.5. The fourth-order valence-electron chi connectivity index (χ4n) is 5.70. The molecule has 11 heteroatoms. The lowest BCUT2D eigenvalue weighted by molar-refractivity contribution is -0.203. The van der Waals surface area contributed by atoms with Gasteiger partial charge in [0.15, 0.2) is 6.29 Å². The number of hydrogen-bond donors (Lipinski definition) is 2. The normalized spacial score (nSPS) is 20.1. The second-order valence-corrected chi connectivity index (χ2v) is 13.9. The van der Waals surface area contributed by atoms with Crippen LogP contribution < -0.4 is 10.9 Å². The summed E-state index contributed by atoms with van der Waals surface area (Å²) in [7, 11) is 0. The van der Waals surface area contributed by atoms with Crippen LogP contribution in [0.3, 0.4) is 0 Å². The minimum Gasteiger partial charge on any atom is -0.444 e. The topological polar surface area (TPSA) is 127 Å². The summed E-state index contributed by atoms with van der Waals surface area (Å²) in [5, 5.41) is 1.30. The summed E-state index contributed by atoms with van der Waals surface area (Å²) in [5.74, 6) is -2.76. The lowest BCUT2D eigenvalue weighted by Crippen LogP contribution is -2.58. The molecule has 0 aliphatic carbocycles. The number of hydrogen-bond acceptors (Lipinski definition) is 7. The highest BCUT2D eigenvalue weighted by atomic mass is 16.8. The van der Waals surface area contributed by atoms with Crippen molar-refractivity contribution in [2.75, 3.05) is 13.2 Å². The number of allylic oxidation sites excluding steroid dienone is 1. The number of hydroxylamine groups is 1. The Kier molecular flexibility index (Phi) is 14.1. The van der Waals surface area contributed by atoms with Gasteiger partial charge in [-0.3, -0.25) is 24.7 Å². The summed E-state index contributed by atoms with van der Waals surface area (Å²) in [6.07, 6.45) is 7.04. The maximum absolute atomic E-state index is 14.1. The lowest BCUT2D eigenvalue weighted by atomic mass is 9.82. The number of rotatable bonds is 12. The van der Waals surface area contributed by atoms with E-state index in [1.54, 1.807) is 34.6 Å². The first-order chi connectivity index (χ1) is 21.8. The van der Waals surface area contributed by atoms with Crippen molar-refractivity contribution >= 4 is 29.9 Å². The van der Waals surface area contributed by atoms with Crippen molar-refractivity contribution in [2.45, 2.75) is 117 Å². The summed E-state index contributed by atoms with van der Waals surface area (Å²) in [5.41, 5.74) is 5.69. The van der Waals surface area contributed by atoms with E-state index in [-0.39, 0.29) is 12.3 Å². The van der Waals surface area contributed by atoms with Gasteiger partial charge in [0.1, 0.15) is 11.6 Å². The van der Waals surface area contributed by atoms with Crippen molar-refractivity contribution in [3.05, 3.63) is 42.0 Å². The zero-order valence-electron chi connectivity index (χ0n) is 28.6. The molecule has 0 saturated carbocycles. The van der Waals surface area contributed by atoms with Crippen molar-refractivity contribution in [2.24, 2.45) is 17.8 Å². The summed E-state index contributed by atoms with van der Waals surface area (Å²) in [6.45, 7) is 13.9. The van der Waals surface area contributed by atoms with Crippen LogP contribution in [0, 0.1) is 17.8 Å². The van der Waals surface area contributed by atoms with Crippen molar-refractivity contribution in [1.29, 1.82) is 0 Å². The number of carbonyl (C=O) groups excluding carboxylic acids is 4. The summed E-state index contributed by atoms with van der Waals surface area (Å²) in [4.78, 5) is 61.7. The van der Waals surface area contributed by atoms with Gasteiger partial charge in [-0.25, -0.2) is 20.1 Å². The maximum atomic E-state index is 14.1. The van der Waals surface area contributed by atoms with Gasteiger partial charge in [0.05, 0.1) is 11.8 Å². The highest BCUT2D eigenvalue weighted by molar-refractivity contribution is 5.91. The van der Waals surface area contributed by atoms with Crippen molar-refractivity contribution in [3.8, 4) is 0 Å². The molecule has 0 radical (unpaired) electrons. The number of nitrogens with one attached hydrogen (secondary N) is 2. The number of benzene rings is 1. The van der Waals surface area contributed by atoms with Gasteiger partial charge in [0, 0.05) is 25.6 Å². The number of ether oxygens (including phenoxy) is 2. The molecule has 0 spiro atoms. The maximum Gasteiger partial charge on any atom is 0.410 e. The first-order valence-corrected chi connectivity index (χ1v) is 16.7. The molecule has 0 bridgehead atoms. The molecular weight excluding hydrogens is 588 g/mol. The molecule has 3 rings (SSSR count). The fourth-order valence-corrected chi connectivity index (χ4v) is 5.70. The van der Waals surface area contributed by atoms with Crippen molar-refractivity contribution in [3.63, 3.8) is 0 Å². The van der Waals surface area contributed by atoms with Crippen LogP contribution in [0.5, 0.6) is 0 Å². The fraction of sp³-hybridized carbons (Fsp3) is 0.657. The number of likely N-dealkylation sites (tertiary alicyclic amines) is 1. The Balaban J connectivity index is 1.83. The van der Waals surface area contributed by atoms with E-state index >= 15 is 0 Å². The van der Waals surface area contributed by atoms with Crippen LogP contribution in [0.4, 0.5) is 4.79 Å². The molecule has 2 saturated heterocycles. The molecule has 2 heterocycles. The highest BCUT2D eigenvalue weighted by Crippen LogP contribution is 2.27. The largest absolute Gasteiger partial charge is 0.444 e. The molecule has 4 amide bonds. The summed E-state index contributed by atoms with van der Waals surface area (Å²) >= 11 is 0. The first kappa shape index (κ1) is 37.0. The Morgan fingerprint density at radius 3 is 2.33 bits per heavy atom. The molecule has 256 valence electrons. The summed E-state index contributed by atoms with van der Waals surface area (Å²) < 4.78 is 11.2. The molecule has 0 aromatic heterocycles. The Bertz CT molecular complexity index is 1180. The Hall–Kier alpha value is -3.44. The SMILES string of the molecule is CC(C)C[C@@H](C(=O)NN(C(=O)[C@H]1CCCN1C(=O)OC(C)(C)C)C(C)C)[C@H](C/C=C/c1ccccc1)C(=O)NOC1CCCCO1. The van der Waals surface area contributed by atoms with Crippen LogP contribution in [-0.2, 0) is 28.7 Å². The van der Waals surface area contributed by atoms with Gasteiger partial charge in [-0.05, 0) is 84.6 Å². The standard InChI is InChI=1S/C35H54N4O7/c1-24(2)23-28(27(18-13-17-26-15-9-8-10-16-26)32(41)37-46-30-20-11-12-22-44-30)31(40)36-39(25(3)4)33(42)29-19-14-21-38(29)34(43)45-35(5,6)7/h8-10,13,15-17,24-25,27-30H,11-12,14,18-23H2,1-7H3,(H,36,40)(H,37,41)/b17-13+/t27-,28+,29+,30?/m0/s1. The monoisotopic (exact) mass is 642 g/mol. The van der Waals surface area contributed by atoms with E-state index in [2.05, 4.69) is 10.9 Å². The van der Waals surface area contributed by atoms with Crippen LogP contribution in [-0.4, -0.2) is 70.8 Å². The molecule has 1 unspecified atom stereocenters. The molecule has 2 aliphatic heterocycles. The van der Waals surface area contributed by atoms with Gasteiger partial charge in [0.25, 0.3) is 5.91 Å². The van der Waals surface area contributed by atoms with Gasteiger partial charge in [0.2, 0.25) is 11.8 Å². The van der Waals surface area contributed by atoms with E-state index in [0.717, 1.165) is 18.4 Å². The molecule has 1 aromatic rings. The average molecular weight is 643 g/mol. The summed E-state index contributed by atoms with van der Waals surface area (Å²) in [6, 6.07) is 8.55. The zero-order valence-corrected chi connectivity index (χ0v) is 28.6. The van der Waals surface area contributed by atoms with Crippen LogP contribution in [0.25, 0.3) is 6.08 Å². The second-order valence-electron chi connectivity index (χ2n) is 13.9. The van der Waals surface area contributed by atoms with Crippen LogP contribution in [0.2, 0.25) is 0 Å². The molecule has 2 N–H and O–H groups in total. The highest BCUT2D eigenvalue weighted by Gasteiger charge is 2.41. The van der Waals surface area contributed by atoms with Crippen LogP contribution in [0.1, 0.15) is 99.0 Å². The third kappa shape index (κ3) is 11.4. The third-order valence-electron chi connectivity index (χ3n) is 7.96. The minimum absolute atomic E-state index is 0.0763. The predicted molar refractivity (Wildman–Crippen MR) is 175 cm³/mol. The number of hydrazine groups is 1. The van der Waals surface area contributed by atoms with Gasteiger partial charge < -0.3 is 9.47 Å². The first-order valence-electron chi connectivity index (χ1n) is 16.7. The van der Waals surface area contributed by atoms with E-state index < -0.39 is 59.6 Å². The lowest BCUT2D eigenvalue weighted by Gasteiger charge is -2.35. The molecule has 2 aliphatic rings. The van der Waals surface area contributed by atoms with E-state index in [0.29, 0.717) is 38.8 Å². The van der Waals surface area contributed by atoms with Crippen molar-refractivity contribution in [1.82, 2.24) is 20.8 Å². The van der Waals surface area contributed by atoms with Crippen LogP contribution >= 0.6 is 0 Å². The van der Waals surface area contributed by atoms with E-state index in [9.17, 15) is 19.2 Å². The smallest absolute Gasteiger partial charge is 0.410 e. The molecule has 46 heavy (non-hydrogen) atoms. The zero-order chi connectivity index (χ0) is 33.9. The number of nitrogens with zero attached hydrogens (tertiary/aromatic N) is 2. The molecule has 4 atom stereocenters. The minimum atomic E-state index is -0.792.